The lowest BCUT2D eigenvalue weighted by atomic mass is 10.1. The Hall–Kier alpha value is -3.00. The minimum absolute atomic E-state index is 0.0737. The molecule has 3 aromatic rings. The lowest BCUT2D eigenvalue weighted by molar-refractivity contribution is -0.113. The Morgan fingerprint density at radius 2 is 1.83 bits per heavy atom. The zero-order chi connectivity index (χ0) is 21.5. The van der Waals surface area contributed by atoms with Crippen LogP contribution in [-0.2, 0) is 17.9 Å². The first-order valence-electron chi connectivity index (χ1n) is 9.69. The molecule has 1 amide bonds. The maximum Gasteiger partial charge on any atom is 0.234 e. The monoisotopic (exact) mass is 426 g/mol. The van der Waals surface area contributed by atoms with Crippen LogP contribution in [0.15, 0.2) is 47.6 Å². The molecule has 1 N–H and O–H groups in total. The minimum Gasteiger partial charge on any atom is -0.497 e. The van der Waals surface area contributed by atoms with Gasteiger partial charge >= 0.3 is 0 Å². The predicted octanol–water partition coefficient (Wildman–Crippen LogP) is 4.23. The fourth-order valence-electron chi connectivity index (χ4n) is 2.86. The van der Waals surface area contributed by atoms with Gasteiger partial charge in [0.15, 0.2) is 11.0 Å². The second-order valence-electron chi connectivity index (χ2n) is 6.76. The molecule has 0 unspecified atom stereocenters. The number of amides is 1. The van der Waals surface area contributed by atoms with E-state index in [-0.39, 0.29) is 11.7 Å². The van der Waals surface area contributed by atoms with Crippen LogP contribution in [0.4, 0.5) is 5.69 Å². The normalized spacial score (nSPS) is 10.7. The van der Waals surface area contributed by atoms with E-state index in [9.17, 15) is 4.79 Å². The van der Waals surface area contributed by atoms with Crippen molar-refractivity contribution in [1.82, 2.24) is 14.8 Å². The highest BCUT2D eigenvalue weighted by atomic mass is 32.2. The van der Waals surface area contributed by atoms with Crippen molar-refractivity contribution in [2.75, 3.05) is 18.2 Å². The van der Waals surface area contributed by atoms with Crippen molar-refractivity contribution in [3.8, 4) is 11.5 Å². The fraction of sp³-hybridized carbons (Fsp3) is 0.318. The molecule has 0 aliphatic carbocycles. The highest BCUT2D eigenvalue weighted by molar-refractivity contribution is 7.99. The van der Waals surface area contributed by atoms with E-state index in [1.165, 1.54) is 11.8 Å². The van der Waals surface area contributed by atoms with E-state index in [0.717, 1.165) is 28.3 Å². The van der Waals surface area contributed by atoms with Gasteiger partial charge in [0, 0.05) is 12.2 Å². The number of nitrogens with one attached hydrogen (secondary N) is 1. The summed E-state index contributed by atoms with van der Waals surface area (Å²) in [6.07, 6.45) is 0. The lowest BCUT2D eigenvalue weighted by Crippen LogP contribution is -2.15. The molecule has 1 aromatic heterocycles. The Morgan fingerprint density at radius 1 is 1.10 bits per heavy atom. The summed E-state index contributed by atoms with van der Waals surface area (Å²) in [4.78, 5) is 12.4. The van der Waals surface area contributed by atoms with Gasteiger partial charge in [-0.15, -0.1) is 10.2 Å². The molecule has 2 aromatic carbocycles. The smallest absolute Gasteiger partial charge is 0.234 e. The Labute approximate surface area is 180 Å². The standard InChI is InChI=1S/C22H26N4O3S/c1-5-26-20(13-29-18-10-8-17(28-4)9-11-18)24-25-22(26)30-14-21(27)23-19-12-15(2)6-7-16(19)3/h6-12H,5,13-14H2,1-4H3,(H,23,27). The average molecular weight is 427 g/mol. The number of thioether (sulfide) groups is 1. The number of aryl methyl sites for hydroxylation is 2. The number of anilines is 1. The maximum atomic E-state index is 12.4. The molecular formula is C22H26N4O3S. The number of ether oxygens (including phenoxy) is 2. The first-order chi connectivity index (χ1) is 14.5. The third-order valence-corrected chi connectivity index (χ3v) is 5.50. The Kier molecular flexibility index (Phi) is 7.35. The number of carbonyl (C=O) groups excluding carboxylic acids is 1. The molecule has 0 spiro atoms. The molecule has 0 aliphatic rings. The molecule has 0 radical (unpaired) electrons. The van der Waals surface area contributed by atoms with Crippen LogP contribution in [0.3, 0.4) is 0 Å². The molecule has 0 aliphatic heterocycles. The summed E-state index contributed by atoms with van der Waals surface area (Å²) >= 11 is 1.36. The summed E-state index contributed by atoms with van der Waals surface area (Å²) in [5.41, 5.74) is 2.98. The van der Waals surface area contributed by atoms with Gasteiger partial charge in [0.1, 0.15) is 18.1 Å². The molecular weight excluding hydrogens is 400 g/mol. The quantitative estimate of drug-likeness (QED) is 0.516. The summed E-state index contributed by atoms with van der Waals surface area (Å²) in [5, 5.41) is 12.1. The number of methoxy groups -OCH3 is 1. The topological polar surface area (TPSA) is 78.3 Å². The van der Waals surface area contributed by atoms with Gasteiger partial charge in [-0.3, -0.25) is 4.79 Å². The van der Waals surface area contributed by atoms with Crippen molar-refractivity contribution in [2.24, 2.45) is 0 Å². The van der Waals surface area contributed by atoms with Crippen LogP contribution in [0.25, 0.3) is 0 Å². The molecule has 0 saturated carbocycles. The number of carbonyl (C=O) groups is 1. The number of hydrogen-bond acceptors (Lipinski definition) is 6. The number of nitrogens with zero attached hydrogens (tertiary/aromatic N) is 3. The van der Waals surface area contributed by atoms with Gasteiger partial charge in [0.05, 0.1) is 12.9 Å². The van der Waals surface area contributed by atoms with Gasteiger partial charge in [-0.1, -0.05) is 23.9 Å². The van der Waals surface area contributed by atoms with Crippen LogP contribution < -0.4 is 14.8 Å². The summed E-state index contributed by atoms with van der Waals surface area (Å²) in [6.45, 7) is 6.98. The van der Waals surface area contributed by atoms with Gasteiger partial charge in [0.2, 0.25) is 5.91 Å². The van der Waals surface area contributed by atoms with Crippen molar-refractivity contribution in [3.63, 3.8) is 0 Å². The van der Waals surface area contributed by atoms with Crippen LogP contribution in [0.5, 0.6) is 11.5 Å². The largest absolute Gasteiger partial charge is 0.497 e. The second kappa shape index (κ2) is 10.2. The zero-order valence-corrected chi connectivity index (χ0v) is 18.5. The van der Waals surface area contributed by atoms with Gasteiger partial charge in [-0.2, -0.15) is 0 Å². The van der Waals surface area contributed by atoms with E-state index >= 15 is 0 Å². The predicted molar refractivity (Wildman–Crippen MR) is 118 cm³/mol. The lowest BCUT2D eigenvalue weighted by Gasteiger charge is -2.10. The third-order valence-electron chi connectivity index (χ3n) is 4.54. The van der Waals surface area contributed by atoms with Crippen LogP contribution in [0, 0.1) is 13.8 Å². The van der Waals surface area contributed by atoms with Crippen molar-refractivity contribution >= 4 is 23.4 Å². The van der Waals surface area contributed by atoms with Crippen LogP contribution in [0.2, 0.25) is 0 Å². The molecule has 0 atom stereocenters. The van der Waals surface area contributed by atoms with Gasteiger partial charge in [-0.25, -0.2) is 0 Å². The first kappa shape index (κ1) is 21.7. The van der Waals surface area contributed by atoms with Crippen LogP contribution in [0.1, 0.15) is 23.9 Å². The molecule has 8 heteroatoms. The molecule has 0 saturated heterocycles. The van der Waals surface area contributed by atoms with Gasteiger partial charge < -0.3 is 19.4 Å². The summed E-state index contributed by atoms with van der Waals surface area (Å²) in [6, 6.07) is 13.4. The number of hydrogen-bond donors (Lipinski definition) is 1. The van der Waals surface area contributed by atoms with E-state index in [4.69, 9.17) is 9.47 Å². The first-order valence-corrected chi connectivity index (χ1v) is 10.7. The van der Waals surface area contributed by atoms with Crippen LogP contribution >= 0.6 is 11.8 Å². The Balaban J connectivity index is 1.58. The summed E-state index contributed by atoms with van der Waals surface area (Å²) in [7, 11) is 1.63. The third kappa shape index (κ3) is 5.54. The van der Waals surface area contributed by atoms with Crippen molar-refractivity contribution in [1.29, 1.82) is 0 Å². The SMILES string of the molecule is CCn1c(COc2ccc(OC)cc2)nnc1SCC(=O)Nc1cc(C)ccc1C. The fourth-order valence-corrected chi connectivity index (χ4v) is 3.68. The highest BCUT2D eigenvalue weighted by Crippen LogP contribution is 2.21. The second-order valence-corrected chi connectivity index (χ2v) is 7.70. The van der Waals surface area contributed by atoms with E-state index < -0.39 is 0 Å². The summed E-state index contributed by atoms with van der Waals surface area (Å²) in [5.74, 6) is 2.40. The van der Waals surface area contributed by atoms with E-state index in [2.05, 4.69) is 15.5 Å². The molecule has 30 heavy (non-hydrogen) atoms. The number of aromatic nitrogens is 3. The maximum absolute atomic E-state index is 12.4. The molecule has 0 bridgehead atoms. The number of rotatable bonds is 9. The molecule has 158 valence electrons. The highest BCUT2D eigenvalue weighted by Gasteiger charge is 2.14. The number of benzene rings is 2. The van der Waals surface area contributed by atoms with E-state index in [1.54, 1.807) is 7.11 Å². The molecule has 3 rings (SSSR count). The molecule has 0 fully saturated rings. The molecule has 1 heterocycles. The van der Waals surface area contributed by atoms with Crippen molar-refractivity contribution in [3.05, 3.63) is 59.4 Å². The van der Waals surface area contributed by atoms with Gasteiger partial charge in [0.25, 0.3) is 0 Å². The Bertz CT molecular complexity index is 1000. The molecule has 7 nitrogen and oxygen atoms in total. The minimum atomic E-state index is -0.0737. The van der Waals surface area contributed by atoms with Crippen molar-refractivity contribution < 1.29 is 14.3 Å². The zero-order valence-electron chi connectivity index (χ0n) is 17.6. The summed E-state index contributed by atoms with van der Waals surface area (Å²) < 4.78 is 12.9. The van der Waals surface area contributed by atoms with E-state index in [1.807, 2.05) is 67.8 Å². The van der Waals surface area contributed by atoms with Crippen LogP contribution in [-0.4, -0.2) is 33.5 Å². The van der Waals surface area contributed by atoms with E-state index in [0.29, 0.717) is 24.1 Å². The van der Waals surface area contributed by atoms with Crippen molar-refractivity contribution in [2.45, 2.75) is 39.1 Å². The average Bonchev–Trinajstić information content (AvgIpc) is 3.15. The van der Waals surface area contributed by atoms with Gasteiger partial charge in [-0.05, 0) is 62.2 Å². The Morgan fingerprint density at radius 3 is 2.53 bits per heavy atom.